The van der Waals surface area contributed by atoms with E-state index in [9.17, 15) is 14.9 Å². The molecule has 1 heterocycles. The Morgan fingerprint density at radius 1 is 1.33 bits per heavy atom. The average Bonchev–Trinajstić information content (AvgIpc) is 2.76. The van der Waals surface area contributed by atoms with E-state index in [1.807, 2.05) is 13.8 Å². The van der Waals surface area contributed by atoms with E-state index in [1.165, 1.54) is 12.1 Å². The largest absolute Gasteiger partial charge is 0.444 e. The number of hydrogen-bond donors (Lipinski definition) is 1. The molecule has 0 fully saturated rings. The summed E-state index contributed by atoms with van der Waals surface area (Å²) in [5.74, 6) is 0.994. The summed E-state index contributed by atoms with van der Waals surface area (Å²) in [6.45, 7) is 3.87. The summed E-state index contributed by atoms with van der Waals surface area (Å²) >= 11 is 0. The normalized spacial score (nSPS) is 10.4. The molecule has 110 valence electrons. The predicted octanol–water partition coefficient (Wildman–Crippen LogP) is 2.06. The van der Waals surface area contributed by atoms with E-state index in [0.717, 1.165) is 11.5 Å². The van der Waals surface area contributed by atoms with Gasteiger partial charge in [0.2, 0.25) is 11.8 Å². The Morgan fingerprint density at radius 2 is 2.00 bits per heavy atom. The lowest BCUT2D eigenvalue weighted by Crippen LogP contribution is -2.24. The zero-order valence-corrected chi connectivity index (χ0v) is 11.8. The van der Waals surface area contributed by atoms with E-state index in [2.05, 4.69) is 10.3 Å². The number of carbonyl (C=O) groups excluding carboxylic acids is 1. The third kappa shape index (κ3) is 3.88. The van der Waals surface area contributed by atoms with Crippen molar-refractivity contribution in [2.24, 2.45) is 0 Å². The van der Waals surface area contributed by atoms with Crippen LogP contribution in [-0.4, -0.2) is 15.8 Å². The smallest absolute Gasteiger partial charge is 0.269 e. The molecule has 7 nitrogen and oxygen atoms in total. The first-order chi connectivity index (χ1) is 9.95. The molecule has 1 N–H and O–H groups in total. The van der Waals surface area contributed by atoms with E-state index in [-0.39, 0.29) is 24.6 Å². The summed E-state index contributed by atoms with van der Waals surface area (Å²) < 4.78 is 5.36. The number of nitro benzene ring substituents is 1. The number of amides is 1. The van der Waals surface area contributed by atoms with Gasteiger partial charge in [-0.25, -0.2) is 4.98 Å². The van der Waals surface area contributed by atoms with Crippen molar-refractivity contribution in [2.45, 2.75) is 26.8 Å². The lowest BCUT2D eigenvalue weighted by Gasteiger charge is -2.03. The van der Waals surface area contributed by atoms with Crippen molar-refractivity contribution in [1.82, 2.24) is 10.3 Å². The number of benzene rings is 1. The Morgan fingerprint density at radius 3 is 2.52 bits per heavy atom. The van der Waals surface area contributed by atoms with E-state index in [4.69, 9.17) is 4.42 Å². The summed E-state index contributed by atoms with van der Waals surface area (Å²) in [7, 11) is 0. The van der Waals surface area contributed by atoms with Gasteiger partial charge < -0.3 is 9.73 Å². The summed E-state index contributed by atoms with van der Waals surface area (Å²) in [6, 6.07) is 5.89. The molecule has 0 aliphatic carbocycles. The fourth-order valence-electron chi connectivity index (χ4n) is 1.77. The Kier molecular flexibility index (Phi) is 4.32. The van der Waals surface area contributed by atoms with Crippen LogP contribution in [0.15, 0.2) is 28.7 Å². The molecular formula is C14H15N3O4. The van der Waals surface area contributed by atoms with Gasteiger partial charge in [-0.2, -0.15) is 0 Å². The molecule has 0 bridgehead atoms. The molecule has 21 heavy (non-hydrogen) atoms. The lowest BCUT2D eigenvalue weighted by atomic mass is 10.1. The maximum absolute atomic E-state index is 11.8. The van der Waals surface area contributed by atoms with Crippen LogP contribution in [-0.2, 0) is 17.8 Å². The number of carbonyl (C=O) groups is 1. The van der Waals surface area contributed by atoms with Crippen LogP contribution in [0, 0.1) is 24.0 Å². The van der Waals surface area contributed by atoms with Gasteiger partial charge in [-0.3, -0.25) is 14.9 Å². The molecule has 0 atom stereocenters. The Hall–Kier alpha value is -2.70. The number of rotatable bonds is 5. The second-order valence-electron chi connectivity index (χ2n) is 4.63. The van der Waals surface area contributed by atoms with Crippen molar-refractivity contribution in [2.75, 3.05) is 0 Å². The van der Waals surface area contributed by atoms with Crippen LogP contribution < -0.4 is 5.32 Å². The van der Waals surface area contributed by atoms with Crippen LogP contribution in [0.1, 0.15) is 22.9 Å². The molecule has 0 aliphatic rings. The van der Waals surface area contributed by atoms with Gasteiger partial charge in [0.1, 0.15) is 5.76 Å². The van der Waals surface area contributed by atoms with Gasteiger partial charge in [0.25, 0.3) is 5.69 Å². The zero-order valence-electron chi connectivity index (χ0n) is 11.8. The predicted molar refractivity (Wildman–Crippen MR) is 74.6 cm³/mol. The molecule has 1 aromatic heterocycles. The third-order valence-electron chi connectivity index (χ3n) is 3.02. The van der Waals surface area contributed by atoms with Crippen molar-refractivity contribution in [3.05, 3.63) is 57.3 Å². The van der Waals surface area contributed by atoms with Gasteiger partial charge >= 0.3 is 0 Å². The van der Waals surface area contributed by atoms with Crippen LogP contribution in [0.25, 0.3) is 0 Å². The van der Waals surface area contributed by atoms with E-state index >= 15 is 0 Å². The molecule has 0 saturated carbocycles. The second kappa shape index (κ2) is 6.17. The van der Waals surface area contributed by atoms with Gasteiger partial charge in [0, 0.05) is 12.1 Å². The van der Waals surface area contributed by atoms with Crippen molar-refractivity contribution in [3.8, 4) is 0 Å². The summed E-state index contributed by atoms with van der Waals surface area (Å²) in [4.78, 5) is 26.0. The van der Waals surface area contributed by atoms with Crippen LogP contribution in [0.3, 0.4) is 0 Å². The fraction of sp³-hybridized carbons (Fsp3) is 0.286. The number of nitrogens with one attached hydrogen (secondary N) is 1. The van der Waals surface area contributed by atoms with Crippen molar-refractivity contribution < 1.29 is 14.1 Å². The van der Waals surface area contributed by atoms with E-state index in [0.29, 0.717) is 11.5 Å². The summed E-state index contributed by atoms with van der Waals surface area (Å²) in [6.07, 6.45) is 0.149. The fourth-order valence-corrected chi connectivity index (χ4v) is 1.77. The average molecular weight is 289 g/mol. The molecule has 0 spiro atoms. The third-order valence-corrected chi connectivity index (χ3v) is 3.02. The molecule has 0 unspecified atom stereocenters. The molecule has 0 saturated heterocycles. The van der Waals surface area contributed by atoms with Crippen LogP contribution in [0.2, 0.25) is 0 Å². The van der Waals surface area contributed by atoms with Crippen molar-refractivity contribution in [1.29, 1.82) is 0 Å². The molecule has 7 heteroatoms. The monoisotopic (exact) mass is 289 g/mol. The molecule has 1 amide bonds. The highest BCUT2D eigenvalue weighted by Crippen LogP contribution is 2.12. The summed E-state index contributed by atoms with van der Waals surface area (Å²) in [5.41, 5.74) is 1.51. The van der Waals surface area contributed by atoms with E-state index < -0.39 is 4.92 Å². The number of hydrogen-bond acceptors (Lipinski definition) is 5. The van der Waals surface area contributed by atoms with Gasteiger partial charge in [0.15, 0.2) is 0 Å². The minimum absolute atomic E-state index is 0.00453. The Labute approximate surface area is 121 Å². The number of oxazole rings is 1. The number of aromatic nitrogens is 1. The molecular weight excluding hydrogens is 274 g/mol. The standard InChI is InChI=1S/C14H15N3O4/c1-9-10(2)21-14(16-9)8-15-13(18)7-11-3-5-12(6-4-11)17(19)20/h3-6H,7-8H2,1-2H3,(H,15,18). The minimum atomic E-state index is -0.475. The first-order valence-corrected chi connectivity index (χ1v) is 6.38. The first-order valence-electron chi connectivity index (χ1n) is 6.38. The molecule has 0 aliphatic heterocycles. The maximum atomic E-state index is 11.8. The van der Waals surface area contributed by atoms with Crippen LogP contribution >= 0.6 is 0 Å². The van der Waals surface area contributed by atoms with Crippen LogP contribution in [0.4, 0.5) is 5.69 Å². The van der Waals surface area contributed by atoms with Gasteiger partial charge in [0.05, 0.1) is 23.6 Å². The quantitative estimate of drug-likeness (QED) is 0.671. The Balaban J connectivity index is 1.88. The van der Waals surface area contributed by atoms with E-state index in [1.54, 1.807) is 12.1 Å². The number of nitro groups is 1. The van der Waals surface area contributed by atoms with Gasteiger partial charge in [-0.15, -0.1) is 0 Å². The lowest BCUT2D eigenvalue weighted by molar-refractivity contribution is -0.384. The SMILES string of the molecule is Cc1nc(CNC(=O)Cc2ccc([N+](=O)[O-])cc2)oc1C. The van der Waals surface area contributed by atoms with Gasteiger partial charge in [-0.05, 0) is 19.4 Å². The highest BCUT2D eigenvalue weighted by atomic mass is 16.6. The molecule has 0 radical (unpaired) electrons. The zero-order chi connectivity index (χ0) is 15.4. The number of aryl methyl sites for hydroxylation is 2. The minimum Gasteiger partial charge on any atom is -0.444 e. The highest BCUT2D eigenvalue weighted by Gasteiger charge is 2.09. The molecule has 2 aromatic rings. The van der Waals surface area contributed by atoms with Crippen molar-refractivity contribution in [3.63, 3.8) is 0 Å². The van der Waals surface area contributed by atoms with Crippen molar-refractivity contribution >= 4 is 11.6 Å². The molecule has 2 rings (SSSR count). The highest BCUT2D eigenvalue weighted by molar-refractivity contribution is 5.78. The Bertz CT molecular complexity index is 642. The second-order valence-corrected chi connectivity index (χ2v) is 4.63. The first kappa shape index (κ1) is 14.7. The maximum Gasteiger partial charge on any atom is 0.269 e. The van der Waals surface area contributed by atoms with Gasteiger partial charge in [-0.1, -0.05) is 12.1 Å². The molecule has 1 aromatic carbocycles. The number of nitrogens with zero attached hydrogens (tertiary/aromatic N) is 2. The van der Waals surface area contributed by atoms with Crippen LogP contribution in [0.5, 0.6) is 0 Å². The summed E-state index contributed by atoms with van der Waals surface area (Å²) in [5, 5.41) is 13.2. The topological polar surface area (TPSA) is 98.3 Å². The number of non-ortho nitro benzene ring substituents is 1.